The van der Waals surface area contributed by atoms with Crippen LogP contribution < -0.4 is 5.32 Å². The van der Waals surface area contributed by atoms with Crippen molar-refractivity contribution in [2.75, 3.05) is 19.8 Å². The Labute approximate surface area is 176 Å². The third-order valence-electron chi connectivity index (χ3n) is 5.32. The molecule has 1 saturated heterocycles. The van der Waals surface area contributed by atoms with E-state index < -0.39 is 5.97 Å². The van der Waals surface area contributed by atoms with Crippen molar-refractivity contribution >= 4 is 17.7 Å². The van der Waals surface area contributed by atoms with Gasteiger partial charge in [0.2, 0.25) is 5.78 Å². The van der Waals surface area contributed by atoms with Crippen molar-refractivity contribution in [3.63, 3.8) is 0 Å². The number of amides is 1. The molecule has 1 fully saturated rings. The molecule has 0 bridgehead atoms. The van der Waals surface area contributed by atoms with Crippen molar-refractivity contribution < 1.29 is 23.9 Å². The fourth-order valence-corrected chi connectivity index (χ4v) is 3.67. The van der Waals surface area contributed by atoms with Crippen LogP contribution in [-0.2, 0) is 20.8 Å². The molecular formula is C23H28N2O5. The van der Waals surface area contributed by atoms with Gasteiger partial charge in [-0.1, -0.05) is 17.7 Å². The molecule has 1 N–H and O–H groups in total. The number of rotatable bonds is 8. The van der Waals surface area contributed by atoms with Gasteiger partial charge >= 0.3 is 5.97 Å². The zero-order chi connectivity index (χ0) is 21.7. The van der Waals surface area contributed by atoms with Crippen LogP contribution in [0, 0.1) is 20.8 Å². The molecule has 0 spiro atoms. The second-order valence-electron chi connectivity index (χ2n) is 7.67. The number of esters is 1. The first-order chi connectivity index (χ1) is 14.3. The highest BCUT2D eigenvalue weighted by atomic mass is 16.5. The van der Waals surface area contributed by atoms with Crippen molar-refractivity contribution in [3.8, 4) is 0 Å². The number of ketones is 1. The predicted molar refractivity (Wildman–Crippen MR) is 112 cm³/mol. The SMILES string of the molecule is Cc1cccc(C(=O)NCC(=O)OCC(=O)c2cc(C)n(C[C@@H]3CCCO3)c2C)c1. The first-order valence-electron chi connectivity index (χ1n) is 10.2. The molecule has 0 unspecified atom stereocenters. The molecule has 0 radical (unpaired) electrons. The molecular weight excluding hydrogens is 384 g/mol. The fourth-order valence-electron chi connectivity index (χ4n) is 3.67. The van der Waals surface area contributed by atoms with Crippen LogP contribution in [0.15, 0.2) is 30.3 Å². The Hall–Kier alpha value is -2.93. The first kappa shape index (κ1) is 21.8. The van der Waals surface area contributed by atoms with Gasteiger partial charge in [-0.2, -0.15) is 0 Å². The van der Waals surface area contributed by atoms with Crippen molar-refractivity contribution in [1.29, 1.82) is 0 Å². The normalized spacial score (nSPS) is 15.8. The van der Waals surface area contributed by atoms with E-state index in [-0.39, 0.29) is 30.9 Å². The number of ether oxygens (including phenoxy) is 2. The van der Waals surface area contributed by atoms with Gasteiger partial charge < -0.3 is 19.4 Å². The molecule has 3 rings (SSSR count). The Balaban J connectivity index is 1.50. The number of hydrogen-bond donors (Lipinski definition) is 1. The van der Waals surface area contributed by atoms with Crippen molar-refractivity contribution in [2.24, 2.45) is 0 Å². The van der Waals surface area contributed by atoms with Crippen LogP contribution in [0.2, 0.25) is 0 Å². The fraction of sp³-hybridized carbons (Fsp3) is 0.435. The summed E-state index contributed by atoms with van der Waals surface area (Å²) in [7, 11) is 0. The quantitative estimate of drug-likeness (QED) is 0.532. The van der Waals surface area contributed by atoms with E-state index >= 15 is 0 Å². The minimum Gasteiger partial charge on any atom is -0.456 e. The maximum absolute atomic E-state index is 12.6. The van der Waals surface area contributed by atoms with Gasteiger partial charge in [-0.3, -0.25) is 14.4 Å². The molecule has 160 valence electrons. The van der Waals surface area contributed by atoms with Crippen LogP contribution >= 0.6 is 0 Å². The van der Waals surface area contributed by atoms with E-state index in [1.807, 2.05) is 32.9 Å². The van der Waals surface area contributed by atoms with Gasteiger partial charge in [-0.25, -0.2) is 0 Å². The summed E-state index contributed by atoms with van der Waals surface area (Å²) in [6.07, 6.45) is 2.26. The molecule has 1 aromatic heterocycles. The van der Waals surface area contributed by atoms with Gasteiger partial charge in [0.1, 0.15) is 6.54 Å². The highest BCUT2D eigenvalue weighted by Crippen LogP contribution is 2.20. The van der Waals surface area contributed by atoms with Gasteiger partial charge in [0.05, 0.1) is 6.10 Å². The maximum atomic E-state index is 12.6. The van der Waals surface area contributed by atoms with E-state index in [1.165, 1.54) is 0 Å². The number of aryl methyl sites for hydroxylation is 2. The number of Topliss-reactive ketones (excluding diaryl/α,β-unsaturated/α-hetero) is 1. The van der Waals surface area contributed by atoms with Gasteiger partial charge in [-0.15, -0.1) is 0 Å². The molecule has 1 amide bonds. The molecule has 0 aliphatic carbocycles. The third kappa shape index (κ3) is 5.36. The van der Waals surface area contributed by atoms with Crippen molar-refractivity contribution in [3.05, 3.63) is 58.4 Å². The molecule has 30 heavy (non-hydrogen) atoms. The largest absolute Gasteiger partial charge is 0.456 e. The smallest absolute Gasteiger partial charge is 0.325 e. The van der Waals surface area contributed by atoms with Crippen LogP contribution in [0.3, 0.4) is 0 Å². The number of benzene rings is 1. The number of carbonyl (C=O) groups excluding carboxylic acids is 3. The number of nitrogens with one attached hydrogen (secondary N) is 1. The lowest BCUT2D eigenvalue weighted by Crippen LogP contribution is -2.31. The molecule has 1 aliphatic heterocycles. The molecule has 7 nitrogen and oxygen atoms in total. The molecule has 1 aliphatic rings. The second-order valence-corrected chi connectivity index (χ2v) is 7.67. The highest BCUT2D eigenvalue weighted by Gasteiger charge is 2.21. The third-order valence-corrected chi connectivity index (χ3v) is 5.32. The Kier molecular flexibility index (Phi) is 7.05. The lowest BCUT2D eigenvalue weighted by molar-refractivity contribution is -0.141. The predicted octanol–water partition coefficient (Wildman–Crippen LogP) is 2.75. The Morgan fingerprint density at radius 3 is 2.70 bits per heavy atom. The van der Waals surface area contributed by atoms with Gasteiger partial charge in [0, 0.05) is 35.7 Å². The van der Waals surface area contributed by atoms with Crippen molar-refractivity contribution in [2.45, 2.75) is 46.3 Å². The van der Waals surface area contributed by atoms with Crippen LogP contribution in [-0.4, -0.2) is 48.1 Å². The summed E-state index contributed by atoms with van der Waals surface area (Å²) in [5, 5.41) is 2.51. The highest BCUT2D eigenvalue weighted by molar-refractivity contribution is 6.00. The number of aromatic nitrogens is 1. The summed E-state index contributed by atoms with van der Waals surface area (Å²) in [5.74, 6) is -1.28. The monoisotopic (exact) mass is 412 g/mol. The van der Waals surface area contributed by atoms with Gasteiger partial charge in [-0.05, 0) is 51.8 Å². The average molecular weight is 412 g/mol. The van der Waals surface area contributed by atoms with Crippen LogP contribution in [0.5, 0.6) is 0 Å². The minimum absolute atomic E-state index is 0.174. The van der Waals surface area contributed by atoms with E-state index in [0.29, 0.717) is 11.1 Å². The molecule has 0 saturated carbocycles. The van der Waals surface area contributed by atoms with E-state index in [4.69, 9.17) is 9.47 Å². The molecule has 1 aromatic carbocycles. The summed E-state index contributed by atoms with van der Waals surface area (Å²) in [6.45, 7) is 6.57. The summed E-state index contributed by atoms with van der Waals surface area (Å²) < 4.78 is 12.8. The summed E-state index contributed by atoms with van der Waals surface area (Å²) in [6, 6.07) is 8.88. The average Bonchev–Trinajstić information content (AvgIpc) is 3.34. The van der Waals surface area contributed by atoms with Crippen LogP contribution in [0.1, 0.15) is 50.5 Å². The zero-order valence-electron chi connectivity index (χ0n) is 17.7. The van der Waals surface area contributed by atoms with E-state index in [9.17, 15) is 14.4 Å². The maximum Gasteiger partial charge on any atom is 0.325 e. The molecule has 7 heteroatoms. The summed E-state index contributed by atoms with van der Waals surface area (Å²) >= 11 is 0. The standard InChI is InChI=1S/C23H28N2O5/c1-15-6-4-7-18(10-15)23(28)24-12-22(27)30-14-21(26)20-11-16(2)25(17(20)3)13-19-8-5-9-29-19/h4,6-7,10-11,19H,5,8-9,12-14H2,1-3H3,(H,24,28)/t19-/m0/s1. The van der Waals surface area contributed by atoms with E-state index in [2.05, 4.69) is 9.88 Å². The van der Waals surface area contributed by atoms with Crippen molar-refractivity contribution in [1.82, 2.24) is 9.88 Å². The number of carbonyl (C=O) groups is 3. The first-order valence-corrected chi connectivity index (χ1v) is 10.2. The van der Waals surface area contributed by atoms with Crippen LogP contribution in [0.4, 0.5) is 0 Å². The lowest BCUT2D eigenvalue weighted by atomic mass is 10.1. The topological polar surface area (TPSA) is 86.6 Å². The summed E-state index contributed by atoms with van der Waals surface area (Å²) in [5.41, 5.74) is 3.78. The summed E-state index contributed by atoms with van der Waals surface area (Å²) in [4.78, 5) is 36.6. The molecule has 2 heterocycles. The minimum atomic E-state index is -0.655. The number of nitrogens with zero attached hydrogens (tertiary/aromatic N) is 1. The number of hydrogen-bond acceptors (Lipinski definition) is 5. The lowest BCUT2D eigenvalue weighted by Gasteiger charge is -2.14. The second kappa shape index (κ2) is 9.71. The Bertz CT molecular complexity index is 941. The van der Waals surface area contributed by atoms with Gasteiger partial charge in [0.15, 0.2) is 6.61 Å². The molecule has 1 atom stereocenters. The molecule has 2 aromatic rings. The van der Waals surface area contributed by atoms with Crippen LogP contribution in [0.25, 0.3) is 0 Å². The Morgan fingerprint density at radius 1 is 1.20 bits per heavy atom. The Morgan fingerprint density at radius 2 is 2.00 bits per heavy atom. The zero-order valence-corrected chi connectivity index (χ0v) is 17.7. The van der Waals surface area contributed by atoms with Gasteiger partial charge in [0.25, 0.3) is 5.91 Å². The van der Waals surface area contributed by atoms with E-state index in [1.54, 1.807) is 18.2 Å². The van der Waals surface area contributed by atoms with E-state index in [0.717, 1.165) is 42.9 Å².